The molecule has 1 aromatic carbocycles. The lowest BCUT2D eigenvalue weighted by atomic mass is 9.78. The van der Waals surface area contributed by atoms with Gasteiger partial charge in [0.25, 0.3) is 0 Å². The number of fused-ring (bicyclic) bond motifs is 1. The van der Waals surface area contributed by atoms with Crippen LogP contribution in [-0.2, 0) is 9.31 Å². The minimum absolute atomic E-state index is 0.393. The number of rotatable bonds is 1. The van der Waals surface area contributed by atoms with Gasteiger partial charge in [0.05, 0.1) is 11.2 Å². The molecule has 19 heavy (non-hydrogen) atoms. The van der Waals surface area contributed by atoms with E-state index in [1.165, 1.54) is 0 Å². The van der Waals surface area contributed by atoms with Crippen molar-refractivity contribution in [2.24, 2.45) is 0 Å². The minimum Gasteiger partial charge on any atom is -0.399 e. The quantitative estimate of drug-likeness (QED) is 0.810. The first-order valence-electron chi connectivity index (χ1n) is 6.16. The maximum atomic E-state index is 6.11. The molecular weight excluding hydrogens is 264 g/mol. The average Bonchev–Trinajstić information content (AvgIpc) is 2.80. The summed E-state index contributed by atoms with van der Waals surface area (Å²) in [5.41, 5.74) is 1.45. The van der Waals surface area contributed by atoms with Crippen molar-refractivity contribution in [3.05, 3.63) is 17.2 Å². The van der Waals surface area contributed by atoms with Crippen molar-refractivity contribution in [2.75, 3.05) is 0 Å². The molecule has 2 heterocycles. The Kier molecular flexibility index (Phi) is 2.68. The largest absolute Gasteiger partial charge is 0.497 e. The standard InChI is InChI=1S/C12H15BClN3O2/c1-11(2)12(3,4)19-13(18-11)8-5-7(14)6-9-10(8)16-17-15-9/h5-6H,1-4H3,(H,15,16,17). The number of aromatic amines is 1. The molecule has 1 aromatic heterocycles. The van der Waals surface area contributed by atoms with Crippen LogP contribution in [0.1, 0.15) is 27.7 Å². The van der Waals surface area contributed by atoms with Gasteiger partial charge in [-0.05, 0) is 39.8 Å². The third-order valence-electron chi connectivity index (χ3n) is 3.92. The highest BCUT2D eigenvalue weighted by Crippen LogP contribution is 2.37. The maximum Gasteiger partial charge on any atom is 0.497 e. The Labute approximate surface area is 116 Å². The van der Waals surface area contributed by atoms with E-state index in [4.69, 9.17) is 20.9 Å². The molecule has 0 atom stereocenters. The number of hydrogen-bond donors (Lipinski definition) is 1. The summed E-state index contributed by atoms with van der Waals surface area (Å²) in [5.74, 6) is 0. The molecule has 0 radical (unpaired) electrons. The predicted molar refractivity (Wildman–Crippen MR) is 74.6 cm³/mol. The second kappa shape index (κ2) is 3.94. The third kappa shape index (κ3) is 1.95. The Morgan fingerprint density at radius 1 is 1.11 bits per heavy atom. The lowest BCUT2D eigenvalue weighted by Gasteiger charge is -2.32. The highest BCUT2D eigenvalue weighted by molar-refractivity contribution is 6.65. The molecule has 3 rings (SSSR count). The van der Waals surface area contributed by atoms with Gasteiger partial charge >= 0.3 is 7.12 Å². The van der Waals surface area contributed by atoms with E-state index in [-0.39, 0.29) is 0 Å². The van der Waals surface area contributed by atoms with Crippen molar-refractivity contribution in [1.29, 1.82) is 0 Å². The summed E-state index contributed by atoms with van der Waals surface area (Å²) in [7, 11) is -0.490. The van der Waals surface area contributed by atoms with E-state index in [0.717, 1.165) is 11.0 Å². The van der Waals surface area contributed by atoms with Crippen LogP contribution in [0, 0.1) is 0 Å². The van der Waals surface area contributed by atoms with Crippen LogP contribution in [-0.4, -0.2) is 33.7 Å². The molecule has 2 aromatic rings. The fourth-order valence-electron chi connectivity index (χ4n) is 2.09. The molecule has 0 spiro atoms. The van der Waals surface area contributed by atoms with Gasteiger partial charge in [0.2, 0.25) is 0 Å². The Hall–Kier alpha value is -1.11. The van der Waals surface area contributed by atoms with Crippen LogP contribution >= 0.6 is 11.6 Å². The normalized spacial score (nSPS) is 21.2. The number of H-pyrrole nitrogens is 1. The van der Waals surface area contributed by atoms with Gasteiger partial charge < -0.3 is 9.31 Å². The van der Waals surface area contributed by atoms with E-state index in [2.05, 4.69) is 15.4 Å². The van der Waals surface area contributed by atoms with Gasteiger partial charge in [-0.2, -0.15) is 15.4 Å². The summed E-state index contributed by atoms with van der Waals surface area (Å²) in [6.07, 6.45) is 0. The first kappa shape index (κ1) is 12.9. The van der Waals surface area contributed by atoms with Gasteiger partial charge in [-0.1, -0.05) is 11.6 Å². The van der Waals surface area contributed by atoms with Crippen molar-refractivity contribution in [3.8, 4) is 0 Å². The van der Waals surface area contributed by atoms with Gasteiger partial charge in [0, 0.05) is 10.5 Å². The number of aromatic nitrogens is 3. The summed E-state index contributed by atoms with van der Waals surface area (Å²) in [6.45, 7) is 8.05. The lowest BCUT2D eigenvalue weighted by molar-refractivity contribution is 0.00578. The first-order valence-corrected chi connectivity index (χ1v) is 6.53. The number of nitrogens with zero attached hydrogens (tertiary/aromatic N) is 2. The van der Waals surface area contributed by atoms with E-state index in [0.29, 0.717) is 10.5 Å². The summed E-state index contributed by atoms with van der Waals surface area (Å²) in [4.78, 5) is 0. The maximum absolute atomic E-state index is 6.11. The summed E-state index contributed by atoms with van der Waals surface area (Å²) in [5, 5.41) is 11.4. The first-order chi connectivity index (χ1) is 8.80. The fraction of sp³-hybridized carbons (Fsp3) is 0.500. The molecule has 5 nitrogen and oxygen atoms in total. The molecule has 0 unspecified atom stereocenters. The van der Waals surface area contributed by atoms with E-state index in [1.807, 2.05) is 33.8 Å². The fourth-order valence-corrected chi connectivity index (χ4v) is 2.31. The average molecular weight is 280 g/mol. The summed E-state index contributed by atoms with van der Waals surface area (Å²) in [6, 6.07) is 3.57. The molecule has 7 heteroatoms. The zero-order chi connectivity index (χ0) is 13.8. The number of benzene rings is 1. The zero-order valence-corrected chi connectivity index (χ0v) is 12.1. The molecular formula is C12H15BClN3O2. The van der Waals surface area contributed by atoms with Crippen LogP contribution in [0.5, 0.6) is 0 Å². The smallest absolute Gasteiger partial charge is 0.399 e. The van der Waals surface area contributed by atoms with E-state index >= 15 is 0 Å². The van der Waals surface area contributed by atoms with E-state index < -0.39 is 18.3 Å². The number of hydrogen-bond acceptors (Lipinski definition) is 4. The van der Waals surface area contributed by atoms with Crippen molar-refractivity contribution >= 4 is 35.2 Å². The molecule has 0 amide bonds. The van der Waals surface area contributed by atoms with E-state index in [1.54, 1.807) is 6.07 Å². The highest BCUT2D eigenvalue weighted by atomic mass is 35.5. The van der Waals surface area contributed by atoms with Crippen molar-refractivity contribution in [1.82, 2.24) is 15.4 Å². The summed E-state index contributed by atoms with van der Waals surface area (Å²) >= 11 is 6.11. The monoisotopic (exact) mass is 279 g/mol. The molecule has 0 saturated carbocycles. The molecule has 1 N–H and O–H groups in total. The van der Waals surface area contributed by atoms with Crippen LogP contribution in [0.4, 0.5) is 0 Å². The van der Waals surface area contributed by atoms with Crippen LogP contribution in [0.15, 0.2) is 12.1 Å². The highest BCUT2D eigenvalue weighted by Gasteiger charge is 2.52. The summed E-state index contributed by atoms with van der Waals surface area (Å²) < 4.78 is 12.0. The van der Waals surface area contributed by atoms with Gasteiger partial charge in [-0.25, -0.2) is 0 Å². The Morgan fingerprint density at radius 3 is 2.37 bits per heavy atom. The minimum atomic E-state index is -0.490. The predicted octanol–water partition coefficient (Wildman–Crippen LogP) is 1.91. The van der Waals surface area contributed by atoms with Crippen LogP contribution in [0.3, 0.4) is 0 Å². The Bertz CT molecular complexity index is 625. The molecule has 100 valence electrons. The molecule has 1 aliphatic heterocycles. The second-order valence-electron chi connectivity index (χ2n) is 5.77. The van der Waals surface area contributed by atoms with Gasteiger partial charge in [0.15, 0.2) is 0 Å². The number of halogens is 1. The van der Waals surface area contributed by atoms with Gasteiger partial charge in [-0.3, -0.25) is 0 Å². The molecule has 1 fully saturated rings. The van der Waals surface area contributed by atoms with Crippen molar-refractivity contribution in [3.63, 3.8) is 0 Å². The molecule has 0 aliphatic carbocycles. The Morgan fingerprint density at radius 2 is 1.74 bits per heavy atom. The van der Waals surface area contributed by atoms with Crippen LogP contribution in [0.2, 0.25) is 5.02 Å². The zero-order valence-electron chi connectivity index (χ0n) is 11.3. The third-order valence-corrected chi connectivity index (χ3v) is 4.14. The van der Waals surface area contributed by atoms with E-state index in [9.17, 15) is 0 Å². The lowest BCUT2D eigenvalue weighted by Crippen LogP contribution is -2.41. The SMILES string of the molecule is CC1(C)OB(c2cc(Cl)cc3n[nH]nc23)OC1(C)C. The second-order valence-corrected chi connectivity index (χ2v) is 6.21. The van der Waals surface area contributed by atoms with Crippen LogP contribution < -0.4 is 5.46 Å². The van der Waals surface area contributed by atoms with Crippen LogP contribution in [0.25, 0.3) is 11.0 Å². The number of nitrogens with one attached hydrogen (secondary N) is 1. The molecule has 0 bridgehead atoms. The molecule has 1 saturated heterocycles. The topological polar surface area (TPSA) is 60.0 Å². The van der Waals surface area contributed by atoms with Crippen molar-refractivity contribution < 1.29 is 9.31 Å². The van der Waals surface area contributed by atoms with Gasteiger partial charge in [-0.15, -0.1) is 0 Å². The molecule has 1 aliphatic rings. The Balaban J connectivity index is 2.09. The van der Waals surface area contributed by atoms with Gasteiger partial charge in [0.1, 0.15) is 11.0 Å². The van der Waals surface area contributed by atoms with Crippen molar-refractivity contribution in [2.45, 2.75) is 38.9 Å².